The molecule has 0 aliphatic heterocycles. The van der Waals surface area contributed by atoms with Gasteiger partial charge in [0.1, 0.15) is 0 Å². The van der Waals surface area contributed by atoms with Crippen LogP contribution in [-0.4, -0.2) is 16.8 Å². The highest BCUT2D eigenvalue weighted by Gasteiger charge is 2.18. The lowest BCUT2D eigenvalue weighted by Gasteiger charge is -2.11. The summed E-state index contributed by atoms with van der Waals surface area (Å²) in [5.41, 5.74) is 3.91. The lowest BCUT2D eigenvalue weighted by atomic mass is 10.1. The molecule has 0 spiro atoms. The Morgan fingerprint density at radius 1 is 1.31 bits per heavy atom. The highest BCUT2D eigenvalue weighted by atomic mass is 15.3. The summed E-state index contributed by atoms with van der Waals surface area (Å²) in [7, 11) is 1.99. The SMILES string of the molecule is CNCc1c(C)nn(CC2CCCC2)c1C. The summed E-state index contributed by atoms with van der Waals surface area (Å²) in [4.78, 5) is 0. The zero-order valence-electron chi connectivity index (χ0n) is 10.7. The molecule has 1 aliphatic rings. The van der Waals surface area contributed by atoms with Crippen LogP contribution in [0, 0.1) is 19.8 Å². The first-order valence-corrected chi connectivity index (χ1v) is 6.40. The molecule has 0 bridgehead atoms. The lowest BCUT2D eigenvalue weighted by Crippen LogP contribution is -2.11. The molecule has 1 heterocycles. The topological polar surface area (TPSA) is 29.9 Å². The molecule has 1 N–H and O–H groups in total. The number of aromatic nitrogens is 2. The van der Waals surface area contributed by atoms with Gasteiger partial charge in [0.15, 0.2) is 0 Å². The smallest absolute Gasteiger partial charge is 0.0641 e. The molecule has 1 aliphatic carbocycles. The molecule has 0 aromatic carbocycles. The minimum Gasteiger partial charge on any atom is -0.316 e. The van der Waals surface area contributed by atoms with Gasteiger partial charge in [0, 0.05) is 24.3 Å². The molecule has 0 unspecified atom stereocenters. The van der Waals surface area contributed by atoms with Gasteiger partial charge in [-0.25, -0.2) is 0 Å². The quantitative estimate of drug-likeness (QED) is 0.846. The van der Waals surface area contributed by atoms with Crippen molar-refractivity contribution in [2.75, 3.05) is 7.05 Å². The van der Waals surface area contributed by atoms with E-state index in [2.05, 4.69) is 28.9 Å². The predicted molar refractivity (Wildman–Crippen MR) is 66.4 cm³/mol. The van der Waals surface area contributed by atoms with E-state index in [4.69, 9.17) is 0 Å². The van der Waals surface area contributed by atoms with E-state index in [-0.39, 0.29) is 0 Å². The zero-order valence-corrected chi connectivity index (χ0v) is 10.7. The third-order valence-corrected chi connectivity index (χ3v) is 3.79. The number of aryl methyl sites for hydroxylation is 1. The van der Waals surface area contributed by atoms with Crippen molar-refractivity contribution in [3.8, 4) is 0 Å². The molecule has 1 saturated carbocycles. The van der Waals surface area contributed by atoms with E-state index < -0.39 is 0 Å². The molecule has 0 atom stereocenters. The number of hydrogen-bond donors (Lipinski definition) is 1. The first-order chi connectivity index (χ1) is 7.72. The fraction of sp³-hybridized carbons (Fsp3) is 0.769. The largest absolute Gasteiger partial charge is 0.316 e. The van der Waals surface area contributed by atoms with Crippen LogP contribution >= 0.6 is 0 Å². The van der Waals surface area contributed by atoms with Crippen LogP contribution in [0.5, 0.6) is 0 Å². The molecule has 0 radical (unpaired) electrons. The maximum Gasteiger partial charge on any atom is 0.0641 e. The van der Waals surface area contributed by atoms with Crippen LogP contribution in [0.15, 0.2) is 0 Å². The van der Waals surface area contributed by atoms with E-state index in [0.29, 0.717) is 0 Å². The Labute approximate surface area is 98.2 Å². The van der Waals surface area contributed by atoms with Crippen molar-refractivity contribution in [2.45, 2.75) is 52.6 Å². The van der Waals surface area contributed by atoms with E-state index in [9.17, 15) is 0 Å². The average molecular weight is 221 g/mol. The van der Waals surface area contributed by atoms with Crippen molar-refractivity contribution in [2.24, 2.45) is 5.92 Å². The Hall–Kier alpha value is -0.830. The molecular weight excluding hydrogens is 198 g/mol. The van der Waals surface area contributed by atoms with Crippen LogP contribution in [-0.2, 0) is 13.1 Å². The summed E-state index contributed by atoms with van der Waals surface area (Å²) < 4.78 is 2.22. The molecule has 3 nitrogen and oxygen atoms in total. The lowest BCUT2D eigenvalue weighted by molar-refractivity contribution is 0.421. The minimum absolute atomic E-state index is 0.862. The summed E-state index contributed by atoms with van der Waals surface area (Å²) >= 11 is 0. The summed E-state index contributed by atoms with van der Waals surface area (Å²) in [6.45, 7) is 6.37. The third kappa shape index (κ3) is 2.29. The second kappa shape index (κ2) is 5.00. The molecule has 90 valence electrons. The Kier molecular flexibility index (Phi) is 3.64. The van der Waals surface area contributed by atoms with Crippen LogP contribution in [0.1, 0.15) is 42.6 Å². The van der Waals surface area contributed by atoms with Gasteiger partial charge < -0.3 is 5.32 Å². The van der Waals surface area contributed by atoms with Crippen molar-refractivity contribution < 1.29 is 0 Å². The molecule has 2 rings (SSSR count). The van der Waals surface area contributed by atoms with Gasteiger partial charge in [-0.05, 0) is 39.7 Å². The summed E-state index contributed by atoms with van der Waals surface area (Å²) in [6.07, 6.45) is 5.60. The Balaban J connectivity index is 2.11. The fourth-order valence-corrected chi connectivity index (χ4v) is 2.78. The van der Waals surface area contributed by atoms with Gasteiger partial charge in [0.25, 0.3) is 0 Å². The summed E-state index contributed by atoms with van der Waals surface area (Å²) in [5.74, 6) is 0.862. The molecule has 3 heteroatoms. The molecular formula is C13H23N3. The molecule has 1 aromatic rings. The molecule has 0 saturated heterocycles. The molecule has 0 amide bonds. The highest BCUT2D eigenvalue weighted by molar-refractivity contribution is 5.24. The highest BCUT2D eigenvalue weighted by Crippen LogP contribution is 2.27. The third-order valence-electron chi connectivity index (χ3n) is 3.79. The van der Waals surface area contributed by atoms with E-state index >= 15 is 0 Å². The summed E-state index contributed by atoms with van der Waals surface area (Å²) in [6, 6.07) is 0. The first kappa shape index (κ1) is 11.6. The van der Waals surface area contributed by atoms with E-state index in [0.717, 1.165) is 19.0 Å². The second-order valence-corrected chi connectivity index (χ2v) is 5.01. The standard InChI is InChI=1S/C13H23N3/c1-10-13(8-14-3)11(2)16(15-10)9-12-6-4-5-7-12/h12,14H,4-9H2,1-3H3. The Bertz CT molecular complexity index is 348. The normalized spacial score (nSPS) is 17.2. The average Bonchev–Trinajstić information content (AvgIpc) is 2.84. The van der Waals surface area contributed by atoms with Gasteiger partial charge in [-0.3, -0.25) is 4.68 Å². The number of hydrogen-bond acceptors (Lipinski definition) is 2. The van der Waals surface area contributed by atoms with Crippen molar-refractivity contribution in [3.63, 3.8) is 0 Å². The van der Waals surface area contributed by atoms with Crippen LogP contribution in [0.25, 0.3) is 0 Å². The van der Waals surface area contributed by atoms with E-state index in [1.54, 1.807) is 0 Å². The van der Waals surface area contributed by atoms with Crippen LogP contribution in [0.4, 0.5) is 0 Å². The maximum atomic E-state index is 4.67. The fourth-order valence-electron chi connectivity index (χ4n) is 2.78. The Morgan fingerprint density at radius 2 is 2.00 bits per heavy atom. The first-order valence-electron chi connectivity index (χ1n) is 6.40. The number of nitrogens with one attached hydrogen (secondary N) is 1. The van der Waals surface area contributed by atoms with Crippen molar-refractivity contribution in [1.29, 1.82) is 0 Å². The van der Waals surface area contributed by atoms with Crippen molar-refractivity contribution in [1.82, 2.24) is 15.1 Å². The van der Waals surface area contributed by atoms with Gasteiger partial charge in [-0.1, -0.05) is 12.8 Å². The van der Waals surface area contributed by atoms with Gasteiger partial charge in [0.05, 0.1) is 5.69 Å². The van der Waals surface area contributed by atoms with Crippen LogP contribution in [0.3, 0.4) is 0 Å². The van der Waals surface area contributed by atoms with Crippen LogP contribution < -0.4 is 5.32 Å². The van der Waals surface area contributed by atoms with E-state index in [1.807, 2.05) is 7.05 Å². The van der Waals surface area contributed by atoms with Gasteiger partial charge in [0.2, 0.25) is 0 Å². The number of nitrogens with zero attached hydrogens (tertiary/aromatic N) is 2. The second-order valence-electron chi connectivity index (χ2n) is 5.01. The maximum absolute atomic E-state index is 4.67. The van der Waals surface area contributed by atoms with Crippen molar-refractivity contribution in [3.05, 3.63) is 17.0 Å². The van der Waals surface area contributed by atoms with Gasteiger partial charge >= 0.3 is 0 Å². The molecule has 1 aromatic heterocycles. The van der Waals surface area contributed by atoms with Crippen molar-refractivity contribution >= 4 is 0 Å². The summed E-state index contributed by atoms with van der Waals surface area (Å²) in [5, 5.41) is 7.89. The number of rotatable bonds is 4. The monoisotopic (exact) mass is 221 g/mol. The molecule has 1 fully saturated rings. The predicted octanol–water partition coefficient (Wildman–Crippen LogP) is 2.41. The Morgan fingerprint density at radius 3 is 2.62 bits per heavy atom. The zero-order chi connectivity index (χ0) is 11.5. The van der Waals surface area contributed by atoms with Gasteiger partial charge in [-0.2, -0.15) is 5.10 Å². The van der Waals surface area contributed by atoms with Crippen LogP contribution in [0.2, 0.25) is 0 Å². The van der Waals surface area contributed by atoms with E-state index in [1.165, 1.54) is 42.6 Å². The molecule has 16 heavy (non-hydrogen) atoms. The minimum atomic E-state index is 0.862. The van der Waals surface area contributed by atoms with Gasteiger partial charge in [-0.15, -0.1) is 0 Å².